The Bertz CT molecular complexity index is 363. The van der Waals surface area contributed by atoms with E-state index in [0.717, 1.165) is 23.9 Å². The highest BCUT2D eigenvalue weighted by Gasteiger charge is 2.30. The Hall–Kier alpha value is -1.17. The van der Waals surface area contributed by atoms with E-state index in [-0.39, 0.29) is 5.75 Å². The second-order valence-corrected chi connectivity index (χ2v) is 3.32. The first-order valence-corrected chi connectivity index (χ1v) is 5.09. The van der Waals surface area contributed by atoms with E-state index in [1.165, 1.54) is 18.4 Å². The van der Waals surface area contributed by atoms with Crippen LogP contribution in [0.2, 0.25) is 0 Å². The van der Waals surface area contributed by atoms with Crippen molar-refractivity contribution in [3.8, 4) is 5.75 Å². The molecule has 0 bridgehead atoms. The van der Waals surface area contributed by atoms with Crippen molar-refractivity contribution in [2.24, 2.45) is 0 Å². The van der Waals surface area contributed by atoms with Crippen LogP contribution in [0.5, 0.6) is 5.75 Å². The fraction of sp³-hybridized carbons (Fsp3) is 0.222. The molecular formula is C9H7F3O2S. The standard InChI is InChI=1S/C9H7F3O2S/c1-15-8(13)14-7-4-2-3-6(5-7)9(10,11)12/h2-5H,1H3. The van der Waals surface area contributed by atoms with Crippen LogP contribution < -0.4 is 4.74 Å². The molecule has 0 radical (unpaired) electrons. The molecule has 0 atom stereocenters. The third-order valence-corrected chi connectivity index (χ3v) is 1.95. The van der Waals surface area contributed by atoms with Gasteiger partial charge >= 0.3 is 11.5 Å². The molecule has 15 heavy (non-hydrogen) atoms. The summed E-state index contributed by atoms with van der Waals surface area (Å²) in [5.74, 6) is -0.107. The Kier molecular flexibility index (Phi) is 3.62. The molecule has 0 unspecified atom stereocenters. The average molecular weight is 236 g/mol. The summed E-state index contributed by atoms with van der Waals surface area (Å²) in [6.45, 7) is 0. The lowest BCUT2D eigenvalue weighted by Gasteiger charge is -2.08. The van der Waals surface area contributed by atoms with Crippen molar-refractivity contribution in [1.29, 1.82) is 0 Å². The molecule has 1 aromatic carbocycles. The van der Waals surface area contributed by atoms with Gasteiger partial charge in [-0.05, 0) is 36.2 Å². The predicted octanol–water partition coefficient (Wildman–Crippen LogP) is 3.57. The van der Waals surface area contributed by atoms with Gasteiger partial charge in [0, 0.05) is 0 Å². The predicted molar refractivity (Wildman–Crippen MR) is 51.0 cm³/mol. The maximum absolute atomic E-state index is 12.2. The molecule has 0 amide bonds. The van der Waals surface area contributed by atoms with Crippen molar-refractivity contribution in [3.63, 3.8) is 0 Å². The zero-order chi connectivity index (χ0) is 11.5. The lowest BCUT2D eigenvalue weighted by atomic mass is 10.2. The molecule has 0 spiro atoms. The number of benzene rings is 1. The molecule has 6 heteroatoms. The van der Waals surface area contributed by atoms with Crippen LogP contribution in [0.15, 0.2) is 24.3 Å². The number of alkyl halides is 3. The van der Waals surface area contributed by atoms with Crippen molar-refractivity contribution < 1.29 is 22.7 Å². The van der Waals surface area contributed by atoms with Gasteiger partial charge in [0.25, 0.3) is 0 Å². The molecular weight excluding hydrogens is 229 g/mol. The topological polar surface area (TPSA) is 26.3 Å². The highest BCUT2D eigenvalue weighted by molar-refractivity contribution is 8.12. The van der Waals surface area contributed by atoms with Crippen LogP contribution in [-0.4, -0.2) is 11.6 Å². The second kappa shape index (κ2) is 4.57. The van der Waals surface area contributed by atoms with E-state index >= 15 is 0 Å². The molecule has 1 rings (SSSR count). The molecule has 2 nitrogen and oxygen atoms in total. The van der Waals surface area contributed by atoms with E-state index in [9.17, 15) is 18.0 Å². The first kappa shape index (κ1) is 11.9. The average Bonchev–Trinajstić information content (AvgIpc) is 2.17. The molecule has 1 aromatic rings. The zero-order valence-electron chi connectivity index (χ0n) is 7.67. The maximum atomic E-state index is 12.2. The summed E-state index contributed by atoms with van der Waals surface area (Å²) in [5.41, 5.74) is -0.839. The van der Waals surface area contributed by atoms with Crippen LogP contribution in [0.3, 0.4) is 0 Å². The van der Waals surface area contributed by atoms with Crippen molar-refractivity contribution >= 4 is 17.1 Å². The van der Waals surface area contributed by atoms with E-state index < -0.39 is 17.0 Å². The maximum Gasteiger partial charge on any atom is 0.416 e. The number of rotatable bonds is 1. The molecule has 0 aliphatic rings. The van der Waals surface area contributed by atoms with Gasteiger partial charge in [0.2, 0.25) is 0 Å². The van der Waals surface area contributed by atoms with Gasteiger partial charge in [-0.15, -0.1) is 0 Å². The van der Waals surface area contributed by atoms with E-state index in [0.29, 0.717) is 0 Å². The Morgan fingerprint density at radius 2 is 2.07 bits per heavy atom. The lowest BCUT2D eigenvalue weighted by Crippen LogP contribution is -2.06. The van der Waals surface area contributed by atoms with Gasteiger partial charge in [0.05, 0.1) is 5.56 Å². The summed E-state index contributed by atoms with van der Waals surface area (Å²) < 4.78 is 41.3. The number of carbonyl (C=O) groups excluding carboxylic acids is 1. The Balaban J connectivity index is 2.88. The molecule has 0 fully saturated rings. The highest BCUT2D eigenvalue weighted by Crippen LogP contribution is 2.31. The minimum Gasteiger partial charge on any atom is -0.418 e. The van der Waals surface area contributed by atoms with Crippen LogP contribution in [0.1, 0.15) is 5.56 Å². The molecule has 0 saturated heterocycles. The van der Waals surface area contributed by atoms with Gasteiger partial charge in [-0.25, -0.2) is 4.79 Å². The number of hydrogen-bond donors (Lipinski definition) is 0. The third-order valence-electron chi connectivity index (χ3n) is 1.53. The van der Waals surface area contributed by atoms with E-state index in [4.69, 9.17) is 0 Å². The van der Waals surface area contributed by atoms with Crippen molar-refractivity contribution in [2.45, 2.75) is 6.18 Å². The van der Waals surface area contributed by atoms with Crippen LogP contribution in [0.25, 0.3) is 0 Å². The fourth-order valence-corrected chi connectivity index (χ4v) is 1.05. The van der Waals surface area contributed by atoms with Gasteiger partial charge in [-0.2, -0.15) is 13.2 Å². The summed E-state index contributed by atoms with van der Waals surface area (Å²) in [6, 6.07) is 4.18. The molecule has 82 valence electrons. The minimum atomic E-state index is -4.43. The lowest BCUT2D eigenvalue weighted by molar-refractivity contribution is -0.137. The van der Waals surface area contributed by atoms with Crippen LogP contribution in [-0.2, 0) is 6.18 Å². The third kappa shape index (κ3) is 3.47. The number of halogens is 3. The van der Waals surface area contributed by atoms with E-state index in [2.05, 4.69) is 4.74 Å². The van der Waals surface area contributed by atoms with Crippen molar-refractivity contribution in [2.75, 3.05) is 6.26 Å². The van der Waals surface area contributed by atoms with E-state index in [1.807, 2.05) is 0 Å². The summed E-state index contributed by atoms with van der Waals surface area (Å²) in [4.78, 5) is 10.8. The molecule has 0 heterocycles. The van der Waals surface area contributed by atoms with Gasteiger partial charge in [0.1, 0.15) is 5.75 Å². The Morgan fingerprint density at radius 1 is 1.40 bits per heavy atom. The smallest absolute Gasteiger partial charge is 0.416 e. The van der Waals surface area contributed by atoms with E-state index in [1.54, 1.807) is 0 Å². The molecule has 0 aliphatic carbocycles. The number of carbonyl (C=O) groups is 1. The largest absolute Gasteiger partial charge is 0.418 e. The van der Waals surface area contributed by atoms with Gasteiger partial charge in [-0.1, -0.05) is 6.07 Å². The van der Waals surface area contributed by atoms with Gasteiger partial charge in [-0.3, -0.25) is 0 Å². The molecule has 0 aromatic heterocycles. The molecule has 0 aliphatic heterocycles. The van der Waals surface area contributed by atoms with Gasteiger partial charge < -0.3 is 4.74 Å². The first-order chi connectivity index (χ1) is 6.93. The van der Waals surface area contributed by atoms with Gasteiger partial charge in [0.15, 0.2) is 0 Å². The molecule has 0 N–H and O–H groups in total. The van der Waals surface area contributed by atoms with Crippen LogP contribution in [0, 0.1) is 0 Å². The normalized spacial score (nSPS) is 11.2. The number of ether oxygens (including phenoxy) is 1. The fourth-order valence-electron chi connectivity index (χ4n) is 0.874. The Labute approximate surface area is 88.4 Å². The minimum absolute atomic E-state index is 0.107. The zero-order valence-corrected chi connectivity index (χ0v) is 8.48. The SMILES string of the molecule is CSC(=O)Oc1cccc(C(F)(F)F)c1. The number of hydrogen-bond acceptors (Lipinski definition) is 3. The molecule has 0 saturated carbocycles. The van der Waals surface area contributed by atoms with Crippen LogP contribution >= 0.6 is 11.8 Å². The monoisotopic (exact) mass is 236 g/mol. The van der Waals surface area contributed by atoms with Crippen molar-refractivity contribution in [3.05, 3.63) is 29.8 Å². The second-order valence-electron chi connectivity index (χ2n) is 2.58. The Morgan fingerprint density at radius 3 is 2.60 bits per heavy atom. The summed E-state index contributed by atoms with van der Waals surface area (Å²) >= 11 is 0.791. The van der Waals surface area contributed by atoms with Crippen molar-refractivity contribution in [1.82, 2.24) is 0 Å². The highest BCUT2D eigenvalue weighted by atomic mass is 32.2. The quantitative estimate of drug-likeness (QED) is 0.697. The summed E-state index contributed by atoms with van der Waals surface area (Å²) in [5, 5.41) is -0.644. The van der Waals surface area contributed by atoms with Crippen LogP contribution in [0.4, 0.5) is 18.0 Å². The first-order valence-electron chi connectivity index (χ1n) is 3.86. The number of thioether (sulfide) groups is 1. The summed E-state index contributed by atoms with van der Waals surface area (Å²) in [7, 11) is 0. The summed E-state index contributed by atoms with van der Waals surface area (Å²) in [6.07, 6.45) is -2.95.